The summed E-state index contributed by atoms with van der Waals surface area (Å²) in [5, 5.41) is 4.94. The molecule has 5 aromatic heterocycles. The SMILES string of the molecule is c1ccc(-c2nc(-c3ccc4oc5ccccc5c4c3)nc(-c3cccc4oc5cccc(-c6nc(-c7ccccc7)c7sc8ccccc8c7n6)c5c34)n2)cc1. The van der Waals surface area contributed by atoms with Gasteiger partial charge in [-0.3, -0.25) is 0 Å². The van der Waals surface area contributed by atoms with Crippen LogP contribution in [-0.4, -0.2) is 24.9 Å². The third-order valence-electron chi connectivity index (χ3n) is 10.6. The highest BCUT2D eigenvalue weighted by Gasteiger charge is 2.23. The number of hydrogen-bond acceptors (Lipinski definition) is 8. The van der Waals surface area contributed by atoms with Crippen molar-refractivity contribution >= 4 is 75.5 Å². The molecule has 7 aromatic carbocycles. The Bertz CT molecular complexity index is 3540. The topological polar surface area (TPSA) is 90.7 Å². The van der Waals surface area contributed by atoms with E-state index >= 15 is 0 Å². The Morgan fingerprint density at radius 2 is 0.930 bits per heavy atom. The zero-order chi connectivity index (χ0) is 37.5. The Hall–Kier alpha value is -7.55. The van der Waals surface area contributed by atoms with Gasteiger partial charge in [-0.25, -0.2) is 24.9 Å². The van der Waals surface area contributed by atoms with Crippen molar-refractivity contribution in [1.82, 2.24) is 24.9 Å². The second kappa shape index (κ2) is 12.5. The van der Waals surface area contributed by atoms with Crippen LogP contribution in [0.1, 0.15) is 0 Å². The number of hydrogen-bond donors (Lipinski definition) is 0. The van der Waals surface area contributed by atoms with Crippen LogP contribution in [0.25, 0.3) is 121 Å². The van der Waals surface area contributed by atoms with Gasteiger partial charge in [0.05, 0.1) is 15.9 Å². The maximum Gasteiger partial charge on any atom is 0.164 e. The molecule has 0 bridgehead atoms. The van der Waals surface area contributed by atoms with Crippen molar-refractivity contribution in [2.24, 2.45) is 0 Å². The Labute approximate surface area is 328 Å². The van der Waals surface area contributed by atoms with Crippen LogP contribution in [0, 0.1) is 0 Å². The van der Waals surface area contributed by atoms with Crippen molar-refractivity contribution in [3.63, 3.8) is 0 Å². The smallest absolute Gasteiger partial charge is 0.164 e. The summed E-state index contributed by atoms with van der Waals surface area (Å²) in [4.78, 5) is 26.1. The number of para-hydroxylation sites is 1. The van der Waals surface area contributed by atoms with Crippen LogP contribution in [0.15, 0.2) is 173 Å². The second-order valence-electron chi connectivity index (χ2n) is 14.0. The fourth-order valence-electron chi connectivity index (χ4n) is 7.95. The van der Waals surface area contributed by atoms with Crippen molar-refractivity contribution in [2.45, 2.75) is 0 Å². The van der Waals surface area contributed by atoms with E-state index in [-0.39, 0.29) is 0 Å². The first-order valence-electron chi connectivity index (χ1n) is 18.7. The molecule has 12 rings (SSSR count). The average molecular weight is 750 g/mol. The summed E-state index contributed by atoms with van der Waals surface area (Å²) in [7, 11) is 0. The van der Waals surface area contributed by atoms with E-state index in [0.29, 0.717) is 23.3 Å². The van der Waals surface area contributed by atoms with E-state index in [4.69, 9.17) is 33.8 Å². The molecule has 0 N–H and O–H groups in total. The van der Waals surface area contributed by atoms with Crippen molar-refractivity contribution in [3.05, 3.63) is 164 Å². The number of aromatic nitrogens is 5. The van der Waals surface area contributed by atoms with Gasteiger partial charge in [0.1, 0.15) is 22.3 Å². The van der Waals surface area contributed by atoms with Crippen LogP contribution in [0.3, 0.4) is 0 Å². The Morgan fingerprint density at radius 1 is 0.368 bits per heavy atom. The quantitative estimate of drug-likeness (QED) is 0.173. The highest BCUT2D eigenvalue weighted by atomic mass is 32.1. The van der Waals surface area contributed by atoms with Crippen molar-refractivity contribution in [3.8, 4) is 56.8 Å². The lowest BCUT2D eigenvalue weighted by atomic mass is 10.0. The van der Waals surface area contributed by atoms with Gasteiger partial charge in [-0.1, -0.05) is 121 Å². The summed E-state index contributed by atoms with van der Waals surface area (Å²) in [5.74, 6) is 2.28. The molecule has 0 fully saturated rings. The van der Waals surface area contributed by atoms with Crippen molar-refractivity contribution < 1.29 is 8.83 Å². The summed E-state index contributed by atoms with van der Waals surface area (Å²) >= 11 is 1.72. The molecule has 0 radical (unpaired) electrons. The van der Waals surface area contributed by atoms with Gasteiger partial charge < -0.3 is 8.83 Å². The molecule has 0 saturated carbocycles. The van der Waals surface area contributed by atoms with E-state index < -0.39 is 0 Å². The molecular weight excluding hydrogens is 723 g/mol. The van der Waals surface area contributed by atoms with Gasteiger partial charge >= 0.3 is 0 Å². The van der Waals surface area contributed by atoms with Crippen LogP contribution in [0.4, 0.5) is 0 Å². The normalized spacial score (nSPS) is 11.9. The fraction of sp³-hybridized carbons (Fsp3) is 0. The van der Waals surface area contributed by atoms with E-state index in [1.54, 1.807) is 11.3 Å². The Kier molecular flexibility index (Phi) is 6.96. The third kappa shape index (κ3) is 5.08. The number of rotatable bonds is 5. The van der Waals surface area contributed by atoms with E-state index in [2.05, 4.69) is 72.8 Å². The molecule has 266 valence electrons. The van der Waals surface area contributed by atoms with Crippen LogP contribution in [0.5, 0.6) is 0 Å². The van der Waals surface area contributed by atoms with Crippen molar-refractivity contribution in [1.29, 1.82) is 0 Å². The maximum atomic E-state index is 6.61. The maximum absolute atomic E-state index is 6.61. The lowest BCUT2D eigenvalue weighted by molar-refractivity contribution is 0.668. The molecule has 7 nitrogen and oxygen atoms in total. The highest BCUT2D eigenvalue weighted by Crippen LogP contribution is 2.44. The number of thiophene rings is 1. The third-order valence-corrected chi connectivity index (χ3v) is 11.7. The lowest BCUT2D eigenvalue weighted by Crippen LogP contribution is -2.00. The Morgan fingerprint density at radius 3 is 1.68 bits per heavy atom. The van der Waals surface area contributed by atoms with Crippen LogP contribution >= 0.6 is 11.3 Å². The molecule has 8 heteroatoms. The molecule has 0 atom stereocenters. The Balaban J connectivity index is 1.12. The van der Waals surface area contributed by atoms with E-state index in [0.717, 1.165) is 93.0 Å². The van der Waals surface area contributed by atoms with Crippen LogP contribution in [0.2, 0.25) is 0 Å². The zero-order valence-corrected chi connectivity index (χ0v) is 30.9. The largest absolute Gasteiger partial charge is 0.456 e. The highest BCUT2D eigenvalue weighted by molar-refractivity contribution is 7.26. The van der Waals surface area contributed by atoms with Gasteiger partial charge in [0.2, 0.25) is 0 Å². The van der Waals surface area contributed by atoms with Gasteiger partial charge in [-0.2, -0.15) is 0 Å². The predicted octanol–water partition coefficient (Wildman–Crippen LogP) is 13.2. The number of fused-ring (bicyclic) bond motifs is 9. The van der Waals surface area contributed by atoms with E-state index in [1.807, 2.05) is 91.0 Å². The van der Waals surface area contributed by atoms with Gasteiger partial charge in [0.25, 0.3) is 0 Å². The molecular formula is C49H27N5O2S. The first-order valence-corrected chi connectivity index (χ1v) is 19.5. The molecule has 0 amide bonds. The standard InChI is InChI=1S/C49H27N5O2S/c1-3-13-28(14-4-1)43-45-44(32-18-8-10-24-40(32)57-45)51-48(50-43)33-19-11-22-38-41(33)42-34(20-12-23-39(42)56-38)49-53-46(29-15-5-2-6-16-29)52-47(54-49)30-25-26-37-35(27-30)31-17-7-9-21-36(31)55-37/h1-27H. The lowest BCUT2D eigenvalue weighted by Gasteiger charge is -2.10. The summed E-state index contributed by atoms with van der Waals surface area (Å²) < 4.78 is 15.0. The van der Waals surface area contributed by atoms with Crippen LogP contribution < -0.4 is 0 Å². The first kappa shape index (κ1) is 31.8. The monoisotopic (exact) mass is 749 g/mol. The summed E-state index contributed by atoms with van der Waals surface area (Å²) in [6, 6.07) is 55.1. The van der Waals surface area contributed by atoms with E-state index in [9.17, 15) is 0 Å². The summed E-state index contributed by atoms with van der Waals surface area (Å²) in [6.45, 7) is 0. The van der Waals surface area contributed by atoms with Crippen molar-refractivity contribution in [2.75, 3.05) is 0 Å². The molecule has 0 saturated heterocycles. The molecule has 0 spiro atoms. The molecule has 57 heavy (non-hydrogen) atoms. The average Bonchev–Trinajstić information content (AvgIpc) is 3.97. The van der Waals surface area contributed by atoms with Gasteiger partial charge in [0, 0.05) is 59.4 Å². The van der Waals surface area contributed by atoms with Gasteiger partial charge in [-0.15, -0.1) is 11.3 Å². The number of benzene rings is 7. The molecule has 0 aliphatic rings. The van der Waals surface area contributed by atoms with Gasteiger partial charge in [0.15, 0.2) is 23.3 Å². The molecule has 5 heterocycles. The predicted molar refractivity (Wildman–Crippen MR) is 230 cm³/mol. The second-order valence-corrected chi connectivity index (χ2v) is 15.0. The fourth-order valence-corrected chi connectivity index (χ4v) is 9.10. The molecule has 12 aromatic rings. The minimum Gasteiger partial charge on any atom is -0.456 e. The minimum atomic E-state index is 0.532. The molecule has 0 aliphatic carbocycles. The van der Waals surface area contributed by atoms with Gasteiger partial charge in [-0.05, 0) is 42.5 Å². The van der Waals surface area contributed by atoms with E-state index in [1.165, 1.54) is 4.70 Å². The summed E-state index contributed by atoms with van der Waals surface area (Å²) in [5.41, 5.74) is 9.40. The molecule has 0 aliphatic heterocycles. The zero-order valence-electron chi connectivity index (χ0n) is 30.0. The molecule has 0 unspecified atom stereocenters. The minimum absolute atomic E-state index is 0.532. The number of nitrogens with zero attached hydrogens (tertiary/aromatic N) is 5. The summed E-state index contributed by atoms with van der Waals surface area (Å²) in [6.07, 6.45) is 0. The van der Waals surface area contributed by atoms with Crippen LogP contribution in [-0.2, 0) is 0 Å². The first-order chi connectivity index (χ1) is 28.2. The number of furan rings is 2.